The van der Waals surface area contributed by atoms with Gasteiger partial charge in [0.15, 0.2) is 11.6 Å². The van der Waals surface area contributed by atoms with E-state index in [0.717, 1.165) is 62.6 Å². The SMILES string of the molecule is COC(=O)CCCCCCCCCCCCCCCCC(=O)N[C@@H](CCC(=O)CCCOCCOCC(=O)NCCOCCOCC(=O)CCc1ncc(-c2ccc3c(c2)c(C(C)=O)nn3CC(=O)N2[C@H](C(=O)Nc3nc(Br)ccc3C)C[C@@]3(CN(C)C)C[C@@H]23)cn1)C(=O)OC. The number of ketones is 3. The number of unbranched alkanes of at least 4 members (excludes halogenated alkanes) is 13. The van der Waals surface area contributed by atoms with Gasteiger partial charge in [-0.05, 0) is 105 Å². The smallest absolute Gasteiger partial charge is 0.328 e. The number of nitrogens with one attached hydrogen (secondary N) is 3. The fraction of sp³-hybridized carbons (Fsp3) is 0.643. The first-order valence-electron chi connectivity index (χ1n) is 34.1. The number of benzene rings is 1. The highest BCUT2D eigenvalue weighted by Gasteiger charge is 2.67. The zero-order valence-electron chi connectivity index (χ0n) is 57.2. The summed E-state index contributed by atoms with van der Waals surface area (Å²) in [6.45, 7) is 5.18. The average Bonchev–Trinajstić information content (AvgIpc) is 1.54. The highest BCUT2D eigenvalue weighted by Crippen LogP contribution is 2.60. The number of fused-ring (bicyclic) bond motifs is 2. The summed E-state index contributed by atoms with van der Waals surface area (Å²) >= 11 is 3.39. The third-order valence-corrected chi connectivity index (χ3v) is 17.8. The van der Waals surface area contributed by atoms with Crippen molar-refractivity contribution in [3.05, 3.63) is 64.4 Å². The van der Waals surface area contributed by atoms with Gasteiger partial charge in [0.05, 0.1) is 52.8 Å². The summed E-state index contributed by atoms with van der Waals surface area (Å²) in [7, 11) is 6.66. The number of halogens is 1. The predicted octanol–water partition coefficient (Wildman–Crippen LogP) is 8.61. The van der Waals surface area contributed by atoms with Gasteiger partial charge in [-0.3, -0.25) is 43.0 Å². The average molecular weight is 1400 g/mol. The summed E-state index contributed by atoms with van der Waals surface area (Å²) in [5.41, 5.74) is 2.79. The summed E-state index contributed by atoms with van der Waals surface area (Å²) in [5, 5.41) is 13.6. The van der Waals surface area contributed by atoms with Crippen LogP contribution in [0.25, 0.3) is 22.0 Å². The minimum Gasteiger partial charge on any atom is -0.469 e. The van der Waals surface area contributed by atoms with E-state index in [-0.39, 0.29) is 149 Å². The van der Waals surface area contributed by atoms with Crippen LogP contribution in [0.1, 0.15) is 176 Å². The van der Waals surface area contributed by atoms with Crippen LogP contribution in [0.5, 0.6) is 0 Å². The number of rotatable bonds is 50. The fourth-order valence-corrected chi connectivity index (χ4v) is 12.5. The molecule has 1 aromatic carbocycles. The van der Waals surface area contributed by atoms with E-state index in [4.69, 9.17) is 23.7 Å². The highest BCUT2D eigenvalue weighted by atomic mass is 79.9. The van der Waals surface area contributed by atoms with E-state index in [0.29, 0.717) is 71.4 Å². The van der Waals surface area contributed by atoms with Crippen LogP contribution in [-0.2, 0) is 79.7 Å². The lowest BCUT2D eigenvalue weighted by atomic mass is 9.98. The molecular formula is C70H101BrN10O15. The van der Waals surface area contributed by atoms with Crippen LogP contribution in [-0.4, -0.2) is 200 Å². The van der Waals surface area contributed by atoms with Gasteiger partial charge in [-0.2, -0.15) is 5.10 Å². The van der Waals surface area contributed by atoms with E-state index in [1.54, 1.807) is 23.4 Å². The Balaban J connectivity index is 0.753. The molecule has 2 fully saturated rings. The number of carbonyl (C=O) groups excluding carboxylic acids is 9. The first-order valence-corrected chi connectivity index (χ1v) is 34.9. The lowest BCUT2D eigenvalue weighted by Crippen LogP contribution is -2.47. The van der Waals surface area contributed by atoms with Crippen molar-refractivity contribution in [1.82, 2.24) is 45.2 Å². The van der Waals surface area contributed by atoms with Crippen molar-refractivity contribution >= 4 is 85.6 Å². The van der Waals surface area contributed by atoms with Gasteiger partial charge in [0.2, 0.25) is 23.6 Å². The molecule has 2 aliphatic rings. The number of aryl methyl sites for hydroxylation is 2. The van der Waals surface area contributed by atoms with E-state index in [1.165, 1.54) is 77.2 Å². The molecule has 1 aliphatic heterocycles. The second kappa shape index (κ2) is 42.0. The number of hydrogen-bond acceptors (Lipinski definition) is 20. The van der Waals surface area contributed by atoms with Crippen LogP contribution >= 0.6 is 15.9 Å². The van der Waals surface area contributed by atoms with E-state index >= 15 is 0 Å². The standard InChI is InChI=1S/C70H101BrN10O15/c1-49-25-31-60(71)76-67(49)77-68(89)58-41-70(48-79(3)4)42-59(70)81(58)64(87)45-80-57-30-26-51(40-55(57)66(78-80)50(2)82)52-43-73-61(74-44-52)32-28-54(84)46-95-38-37-94-35-33-72-63(86)47-96-39-36-93-34-21-22-53(83)27-29-56(69(90)92-6)75-62(85)23-19-17-15-13-11-9-7-8-10-12-14-16-18-20-24-65(88)91-5/h25-26,30-31,40,43-44,56,58-59H,7-24,27-29,32-39,41-42,45-48H2,1-6H3,(H,72,86)(H,75,85)(H,76,77,89)/t56-,58-,59+,70-/m0/s1. The van der Waals surface area contributed by atoms with Crippen molar-refractivity contribution in [3.8, 4) is 11.1 Å². The molecule has 96 heavy (non-hydrogen) atoms. The fourth-order valence-electron chi connectivity index (χ4n) is 12.1. The number of pyridine rings is 1. The molecule has 4 aromatic rings. The first kappa shape index (κ1) is 78.0. The number of likely N-dealkylation sites (tertiary alicyclic amines) is 1. The number of piperidine rings is 1. The lowest BCUT2D eigenvalue weighted by molar-refractivity contribution is -0.145. The minimum atomic E-state index is -0.881. The number of carbonyl (C=O) groups is 9. The normalized spacial score (nSPS) is 15.9. The highest BCUT2D eigenvalue weighted by molar-refractivity contribution is 9.10. The Morgan fingerprint density at radius 3 is 1.96 bits per heavy atom. The van der Waals surface area contributed by atoms with Crippen LogP contribution in [0.3, 0.4) is 0 Å². The summed E-state index contributed by atoms with van der Waals surface area (Å²) in [5.74, 6) is -1.38. The minimum absolute atomic E-state index is 0.0516. The monoisotopic (exact) mass is 1400 g/mol. The molecule has 4 atom stereocenters. The molecule has 25 nitrogen and oxygen atoms in total. The number of Topliss-reactive ketones (excluding diaryl/α,β-unsaturated/α-hetero) is 3. The van der Waals surface area contributed by atoms with Crippen LogP contribution in [0.2, 0.25) is 0 Å². The molecule has 3 aromatic heterocycles. The maximum atomic E-state index is 14.4. The van der Waals surface area contributed by atoms with Crippen molar-refractivity contribution in [1.29, 1.82) is 0 Å². The largest absolute Gasteiger partial charge is 0.469 e. The molecule has 0 radical (unpaired) electrons. The van der Waals surface area contributed by atoms with Crippen molar-refractivity contribution in [2.75, 3.05) is 99.6 Å². The molecule has 4 amide bonds. The molecule has 4 heterocycles. The Kier molecular flexibility index (Phi) is 34.1. The Labute approximate surface area is 572 Å². The third kappa shape index (κ3) is 26.8. The summed E-state index contributed by atoms with van der Waals surface area (Å²) in [4.78, 5) is 132. The first-order chi connectivity index (χ1) is 46.3. The van der Waals surface area contributed by atoms with Crippen LogP contribution in [0.15, 0.2) is 47.3 Å². The van der Waals surface area contributed by atoms with Crippen molar-refractivity contribution < 1.29 is 71.6 Å². The van der Waals surface area contributed by atoms with Crippen LogP contribution < -0.4 is 16.0 Å². The number of nitrogens with zero attached hydrogens (tertiary/aromatic N) is 7. The zero-order valence-corrected chi connectivity index (χ0v) is 58.7. The quantitative estimate of drug-likeness (QED) is 0.0161. The summed E-state index contributed by atoms with van der Waals surface area (Å²) in [6.07, 6.45) is 22.6. The summed E-state index contributed by atoms with van der Waals surface area (Å²) < 4.78 is 33.6. The molecule has 0 spiro atoms. The van der Waals surface area contributed by atoms with Crippen LogP contribution in [0.4, 0.5) is 5.82 Å². The predicted molar refractivity (Wildman–Crippen MR) is 364 cm³/mol. The van der Waals surface area contributed by atoms with Gasteiger partial charge < -0.3 is 54.2 Å². The number of methoxy groups -OCH3 is 2. The van der Waals surface area contributed by atoms with E-state index in [2.05, 4.69) is 61.6 Å². The van der Waals surface area contributed by atoms with Gasteiger partial charge in [-0.15, -0.1) is 0 Å². The molecule has 6 rings (SSSR count). The van der Waals surface area contributed by atoms with Crippen LogP contribution in [0, 0.1) is 12.3 Å². The molecule has 0 bridgehead atoms. The van der Waals surface area contributed by atoms with Crippen molar-refractivity contribution in [3.63, 3.8) is 0 Å². The molecule has 3 N–H and O–H groups in total. The maximum absolute atomic E-state index is 14.4. The van der Waals surface area contributed by atoms with Crippen molar-refractivity contribution in [2.24, 2.45) is 5.41 Å². The molecule has 1 aliphatic carbocycles. The second-order valence-electron chi connectivity index (χ2n) is 25.4. The van der Waals surface area contributed by atoms with E-state index in [1.807, 2.05) is 45.3 Å². The Bertz CT molecular complexity index is 3180. The lowest BCUT2D eigenvalue weighted by Gasteiger charge is -2.27. The molecule has 26 heteroatoms. The van der Waals surface area contributed by atoms with E-state index in [9.17, 15) is 43.2 Å². The molecule has 528 valence electrons. The van der Waals surface area contributed by atoms with Gasteiger partial charge in [0.1, 0.15) is 59.6 Å². The number of amides is 4. The van der Waals surface area contributed by atoms with Gasteiger partial charge in [-0.1, -0.05) is 89.2 Å². The van der Waals surface area contributed by atoms with Gasteiger partial charge in [0.25, 0.3) is 0 Å². The van der Waals surface area contributed by atoms with Gasteiger partial charge in [-0.25, -0.2) is 19.7 Å². The number of anilines is 1. The second-order valence-corrected chi connectivity index (χ2v) is 26.2. The number of hydrogen-bond donors (Lipinski definition) is 3. The molecular weight excluding hydrogens is 1300 g/mol. The van der Waals surface area contributed by atoms with E-state index < -0.39 is 18.1 Å². The topological polar surface area (TPSA) is 308 Å². The molecule has 1 saturated carbocycles. The third-order valence-electron chi connectivity index (χ3n) is 17.3. The Hall–Kier alpha value is -6.97. The number of esters is 2. The number of aromatic nitrogens is 5. The molecule has 1 saturated heterocycles. The Morgan fingerprint density at radius 2 is 1.31 bits per heavy atom. The zero-order chi connectivity index (χ0) is 69.2. The molecule has 0 unspecified atom stereocenters. The van der Waals surface area contributed by atoms with Gasteiger partial charge >= 0.3 is 11.9 Å². The summed E-state index contributed by atoms with van der Waals surface area (Å²) in [6, 6.07) is 7.43. The van der Waals surface area contributed by atoms with Gasteiger partial charge in [0, 0.05) is 99.9 Å². The maximum Gasteiger partial charge on any atom is 0.328 e. The number of ether oxygens (including phenoxy) is 6. The Morgan fingerprint density at radius 1 is 0.677 bits per heavy atom. The van der Waals surface area contributed by atoms with Crippen molar-refractivity contribution in [2.45, 2.75) is 193 Å².